The van der Waals surface area contributed by atoms with Crippen LogP contribution in [0.3, 0.4) is 0 Å². The van der Waals surface area contributed by atoms with Gasteiger partial charge in [0.25, 0.3) is 5.91 Å². The molecule has 6 nitrogen and oxygen atoms in total. The van der Waals surface area contributed by atoms with Gasteiger partial charge in [-0.3, -0.25) is 14.7 Å². The Labute approximate surface area is 175 Å². The van der Waals surface area contributed by atoms with E-state index in [4.69, 9.17) is 4.42 Å². The molecule has 1 amide bonds. The zero-order valence-electron chi connectivity index (χ0n) is 16.8. The number of carbonyl (C=O) groups is 1. The minimum atomic E-state index is -0.215. The largest absolute Gasteiger partial charge is 0.459 e. The first-order valence-electron chi connectivity index (χ1n) is 9.95. The number of anilines is 1. The van der Waals surface area contributed by atoms with E-state index < -0.39 is 0 Å². The van der Waals surface area contributed by atoms with E-state index in [9.17, 15) is 4.79 Å². The SMILES string of the molecule is CCc1cc([C@@H](c2ccncc2)N2CCN(C)CC2)c(NC(=O)c2ccco2)s1. The summed E-state index contributed by atoms with van der Waals surface area (Å²) in [5.41, 5.74) is 2.33. The normalized spacial score (nSPS) is 16.6. The molecule has 0 spiro atoms. The van der Waals surface area contributed by atoms with Crippen molar-refractivity contribution < 1.29 is 9.21 Å². The molecule has 3 aromatic rings. The maximum absolute atomic E-state index is 12.7. The van der Waals surface area contributed by atoms with E-state index >= 15 is 0 Å². The predicted molar refractivity (Wildman–Crippen MR) is 116 cm³/mol. The van der Waals surface area contributed by atoms with E-state index in [2.05, 4.69) is 52.3 Å². The van der Waals surface area contributed by atoms with Gasteiger partial charge >= 0.3 is 0 Å². The van der Waals surface area contributed by atoms with Gasteiger partial charge in [0.05, 0.1) is 12.3 Å². The van der Waals surface area contributed by atoms with Crippen LogP contribution in [0, 0.1) is 0 Å². The van der Waals surface area contributed by atoms with Gasteiger partial charge in [-0.15, -0.1) is 11.3 Å². The molecule has 1 fully saturated rings. The van der Waals surface area contributed by atoms with Crippen molar-refractivity contribution in [1.29, 1.82) is 0 Å². The summed E-state index contributed by atoms with van der Waals surface area (Å²) in [5.74, 6) is 0.107. The van der Waals surface area contributed by atoms with E-state index in [0.717, 1.165) is 43.2 Å². The van der Waals surface area contributed by atoms with Gasteiger partial charge in [-0.05, 0) is 49.4 Å². The molecule has 4 heterocycles. The molecule has 7 heteroatoms. The highest BCUT2D eigenvalue weighted by molar-refractivity contribution is 7.16. The van der Waals surface area contributed by atoms with Crippen LogP contribution in [0.1, 0.15) is 39.5 Å². The fourth-order valence-electron chi connectivity index (χ4n) is 3.72. The second kappa shape index (κ2) is 8.90. The highest BCUT2D eigenvalue weighted by atomic mass is 32.1. The van der Waals surface area contributed by atoms with E-state index in [0.29, 0.717) is 5.76 Å². The number of hydrogen-bond acceptors (Lipinski definition) is 6. The number of likely N-dealkylation sites (N-methyl/N-ethyl adjacent to an activating group) is 1. The van der Waals surface area contributed by atoms with Gasteiger partial charge in [0.2, 0.25) is 0 Å². The number of thiophene rings is 1. The van der Waals surface area contributed by atoms with Gasteiger partial charge in [0.15, 0.2) is 5.76 Å². The summed E-state index contributed by atoms with van der Waals surface area (Å²) in [6.45, 7) is 6.16. The van der Waals surface area contributed by atoms with Crippen LogP contribution in [0.4, 0.5) is 5.00 Å². The van der Waals surface area contributed by atoms with E-state index in [1.165, 1.54) is 16.7 Å². The number of aromatic nitrogens is 1. The first-order chi connectivity index (χ1) is 14.2. The number of carbonyl (C=O) groups excluding carboxylic acids is 1. The summed E-state index contributed by atoms with van der Waals surface area (Å²) in [4.78, 5) is 23.0. The maximum atomic E-state index is 12.7. The van der Waals surface area contributed by atoms with E-state index in [-0.39, 0.29) is 11.9 Å². The Bertz CT molecular complexity index is 931. The van der Waals surface area contributed by atoms with Gasteiger partial charge in [-0.25, -0.2) is 0 Å². The quantitative estimate of drug-likeness (QED) is 0.668. The van der Waals surface area contributed by atoms with E-state index in [1.807, 2.05) is 12.4 Å². The molecule has 1 aliphatic heterocycles. The lowest BCUT2D eigenvalue weighted by molar-refractivity contribution is 0.0996. The van der Waals surface area contributed by atoms with Crippen molar-refractivity contribution in [3.63, 3.8) is 0 Å². The fourth-order valence-corrected chi connectivity index (χ4v) is 4.74. The Kier molecular flexibility index (Phi) is 6.08. The third-order valence-electron chi connectivity index (χ3n) is 5.35. The van der Waals surface area contributed by atoms with Gasteiger partial charge < -0.3 is 14.6 Å². The van der Waals surface area contributed by atoms with Gasteiger partial charge in [0.1, 0.15) is 5.00 Å². The van der Waals surface area contributed by atoms with Crippen molar-refractivity contribution >= 4 is 22.2 Å². The van der Waals surface area contributed by atoms with Crippen LogP contribution < -0.4 is 5.32 Å². The molecule has 0 saturated carbocycles. The molecule has 0 unspecified atom stereocenters. The van der Waals surface area contributed by atoms with Crippen molar-refractivity contribution in [2.75, 3.05) is 38.5 Å². The molecular weight excluding hydrogens is 384 g/mol. The Hall–Kier alpha value is -2.48. The average Bonchev–Trinajstić information content (AvgIpc) is 3.41. The average molecular weight is 411 g/mol. The molecule has 1 N–H and O–H groups in total. The van der Waals surface area contributed by atoms with Crippen LogP contribution in [-0.4, -0.2) is 53.9 Å². The molecule has 3 aromatic heterocycles. The third-order valence-corrected chi connectivity index (χ3v) is 6.56. The molecule has 1 atom stereocenters. The minimum absolute atomic E-state index is 0.0788. The van der Waals surface area contributed by atoms with Crippen molar-refractivity contribution in [2.45, 2.75) is 19.4 Å². The second-order valence-corrected chi connectivity index (χ2v) is 8.44. The lowest BCUT2D eigenvalue weighted by Crippen LogP contribution is -2.46. The zero-order chi connectivity index (χ0) is 20.2. The van der Waals surface area contributed by atoms with Crippen molar-refractivity contribution in [1.82, 2.24) is 14.8 Å². The van der Waals surface area contributed by atoms with Gasteiger partial charge in [0, 0.05) is 49.0 Å². The number of aryl methyl sites for hydroxylation is 1. The number of pyridine rings is 1. The Balaban J connectivity index is 1.71. The summed E-state index contributed by atoms with van der Waals surface area (Å²) in [6.07, 6.45) is 6.13. The highest BCUT2D eigenvalue weighted by Crippen LogP contribution is 2.39. The fraction of sp³-hybridized carbons (Fsp3) is 0.364. The van der Waals surface area contributed by atoms with Gasteiger partial charge in [-0.2, -0.15) is 0 Å². The second-order valence-electron chi connectivity index (χ2n) is 7.30. The van der Waals surface area contributed by atoms with Crippen LogP contribution in [0.5, 0.6) is 0 Å². The molecule has 4 rings (SSSR count). The number of piperazine rings is 1. The summed E-state index contributed by atoms with van der Waals surface area (Å²) in [7, 11) is 2.16. The van der Waals surface area contributed by atoms with Crippen LogP contribution in [-0.2, 0) is 6.42 Å². The number of nitrogens with one attached hydrogen (secondary N) is 1. The standard InChI is InChI=1S/C22H26N4O2S/c1-3-17-15-18(22(29-17)24-21(27)19-5-4-14-28-19)20(16-6-8-23-9-7-16)26-12-10-25(2)11-13-26/h4-9,14-15,20H,3,10-13H2,1-2H3,(H,24,27)/t20-/m1/s1. The Morgan fingerprint density at radius 2 is 2.00 bits per heavy atom. The lowest BCUT2D eigenvalue weighted by atomic mass is 9.98. The molecule has 0 aliphatic carbocycles. The summed E-state index contributed by atoms with van der Waals surface area (Å²) < 4.78 is 5.28. The molecule has 0 radical (unpaired) electrons. The molecule has 1 saturated heterocycles. The lowest BCUT2D eigenvalue weighted by Gasteiger charge is -2.38. The Morgan fingerprint density at radius 3 is 2.66 bits per heavy atom. The van der Waals surface area contributed by atoms with E-state index in [1.54, 1.807) is 23.5 Å². The monoisotopic (exact) mass is 410 g/mol. The third kappa shape index (κ3) is 4.42. The van der Waals surface area contributed by atoms with Crippen LogP contribution in [0.25, 0.3) is 0 Å². The first-order valence-corrected chi connectivity index (χ1v) is 10.8. The van der Waals surface area contributed by atoms with Crippen molar-refractivity contribution in [2.24, 2.45) is 0 Å². The molecule has 1 aliphatic rings. The number of rotatable bonds is 6. The van der Waals surface area contributed by atoms with Crippen molar-refractivity contribution in [3.8, 4) is 0 Å². The smallest absolute Gasteiger partial charge is 0.291 e. The number of amides is 1. The predicted octanol–water partition coefficient (Wildman–Crippen LogP) is 3.89. The van der Waals surface area contributed by atoms with Crippen LogP contribution in [0.15, 0.2) is 53.4 Å². The minimum Gasteiger partial charge on any atom is -0.459 e. The van der Waals surface area contributed by atoms with Crippen molar-refractivity contribution in [3.05, 3.63) is 70.8 Å². The molecule has 152 valence electrons. The molecular formula is C22H26N4O2S. The summed E-state index contributed by atoms with van der Waals surface area (Å²) in [5, 5.41) is 3.99. The molecule has 0 aromatic carbocycles. The number of nitrogens with zero attached hydrogens (tertiary/aromatic N) is 3. The molecule has 29 heavy (non-hydrogen) atoms. The summed E-state index contributed by atoms with van der Waals surface area (Å²) in [6, 6.07) is 9.88. The zero-order valence-corrected chi connectivity index (χ0v) is 17.6. The summed E-state index contributed by atoms with van der Waals surface area (Å²) >= 11 is 1.65. The maximum Gasteiger partial charge on any atom is 0.291 e. The van der Waals surface area contributed by atoms with Crippen LogP contribution >= 0.6 is 11.3 Å². The number of furan rings is 1. The van der Waals surface area contributed by atoms with Gasteiger partial charge in [-0.1, -0.05) is 6.92 Å². The molecule has 0 bridgehead atoms. The Morgan fingerprint density at radius 1 is 1.24 bits per heavy atom. The number of hydrogen-bond donors (Lipinski definition) is 1. The first kappa shape index (κ1) is 19.8. The topological polar surface area (TPSA) is 61.6 Å². The highest BCUT2D eigenvalue weighted by Gasteiger charge is 2.29. The van der Waals surface area contributed by atoms with Crippen LogP contribution in [0.2, 0.25) is 0 Å².